The first kappa shape index (κ1) is 24.3. The van der Waals surface area contributed by atoms with E-state index in [1.165, 1.54) is 50.6 Å². The second-order valence-electron chi connectivity index (χ2n) is 8.92. The van der Waals surface area contributed by atoms with Gasteiger partial charge < -0.3 is 9.64 Å². The van der Waals surface area contributed by atoms with Crippen molar-refractivity contribution in [3.8, 4) is 0 Å². The third kappa shape index (κ3) is 6.36. The average molecular weight is 440 g/mol. The van der Waals surface area contributed by atoms with Gasteiger partial charge in [0.1, 0.15) is 0 Å². The summed E-state index contributed by atoms with van der Waals surface area (Å²) in [4.78, 5) is 22.2. The minimum absolute atomic E-state index is 0.0329. The minimum atomic E-state index is -0.0329. The number of anilines is 1. The topological polar surface area (TPSA) is 45.1 Å². The maximum Gasteiger partial charge on any atom is 0.300 e. The lowest BCUT2D eigenvalue weighted by molar-refractivity contribution is -0.124. The lowest BCUT2D eigenvalue weighted by Crippen LogP contribution is -2.41. The second kappa shape index (κ2) is 12.7. The zero-order valence-corrected chi connectivity index (χ0v) is 20.3. The number of hydrogen-bond acceptors (Lipinski definition) is 4. The van der Waals surface area contributed by atoms with Crippen LogP contribution in [0.15, 0.2) is 35.0 Å². The van der Waals surface area contributed by atoms with E-state index in [-0.39, 0.29) is 11.9 Å². The molecule has 0 atom stereocenters. The van der Waals surface area contributed by atoms with Crippen molar-refractivity contribution in [2.24, 2.45) is 4.99 Å². The summed E-state index contributed by atoms with van der Waals surface area (Å²) in [6.07, 6.45) is 13.5. The maximum absolute atomic E-state index is 13.3. The summed E-state index contributed by atoms with van der Waals surface area (Å²) in [7, 11) is 0. The molecule has 1 heterocycles. The lowest BCUT2D eigenvalue weighted by atomic mass is 9.94. The first-order valence-corrected chi connectivity index (χ1v) is 12.8. The van der Waals surface area contributed by atoms with E-state index in [9.17, 15) is 4.79 Å². The second-order valence-corrected chi connectivity index (χ2v) is 8.92. The van der Waals surface area contributed by atoms with Crippen molar-refractivity contribution < 1.29 is 9.53 Å². The number of amides is 1. The number of rotatable bonds is 11. The van der Waals surface area contributed by atoms with Crippen LogP contribution in [0.4, 0.5) is 5.69 Å². The molecule has 3 rings (SSSR count). The Kier molecular flexibility index (Phi) is 9.63. The Labute approximate surface area is 194 Å². The number of hydrogen-bond donors (Lipinski definition) is 0. The van der Waals surface area contributed by atoms with Crippen LogP contribution in [0, 0.1) is 0 Å². The number of unbranched alkanes of at least 4 members (excludes halogenated alkanes) is 4. The van der Waals surface area contributed by atoms with E-state index in [1.807, 2.05) is 11.0 Å². The molecule has 0 aromatic heterocycles. The number of ether oxygens (including phenoxy) is 1. The smallest absolute Gasteiger partial charge is 0.300 e. The molecular weight excluding hydrogens is 398 g/mol. The van der Waals surface area contributed by atoms with E-state index in [0.717, 1.165) is 44.5 Å². The van der Waals surface area contributed by atoms with Gasteiger partial charge >= 0.3 is 6.02 Å². The Morgan fingerprint density at radius 3 is 2.34 bits per heavy atom. The van der Waals surface area contributed by atoms with Crippen molar-refractivity contribution in [3.05, 3.63) is 35.6 Å². The number of nitrogens with zero attached hydrogens (tertiary/aromatic N) is 3. The molecule has 1 aliphatic carbocycles. The van der Waals surface area contributed by atoms with Gasteiger partial charge in [-0.2, -0.15) is 0 Å². The molecule has 2 aliphatic rings. The molecule has 1 aliphatic heterocycles. The van der Waals surface area contributed by atoms with Gasteiger partial charge in [0.05, 0.1) is 0 Å². The van der Waals surface area contributed by atoms with Crippen molar-refractivity contribution >= 4 is 23.7 Å². The van der Waals surface area contributed by atoms with Gasteiger partial charge in [-0.1, -0.05) is 64.0 Å². The molecule has 5 heteroatoms. The minimum Gasteiger partial charge on any atom is -0.420 e. The summed E-state index contributed by atoms with van der Waals surface area (Å²) >= 11 is 0. The molecule has 176 valence electrons. The van der Waals surface area contributed by atoms with E-state index in [4.69, 9.17) is 9.73 Å². The summed E-state index contributed by atoms with van der Waals surface area (Å²) in [5.41, 5.74) is 2.18. The van der Waals surface area contributed by atoms with Crippen LogP contribution in [0.1, 0.15) is 90.5 Å². The standard InChI is InChI=1S/C27H41N3O2/c1-4-7-8-9-13-20-28-27-30(24-14-11-10-12-15-24)26(31)25(32-27)21-22-16-18-23(19-17-22)29(5-2)6-3/h16-19,21,24H,4-15,20H2,1-3H3/b25-21+,28-27+. The van der Waals surface area contributed by atoms with Gasteiger partial charge in [-0.05, 0) is 56.9 Å². The molecule has 5 nitrogen and oxygen atoms in total. The van der Waals surface area contributed by atoms with Crippen molar-refractivity contribution in [2.75, 3.05) is 24.5 Å². The van der Waals surface area contributed by atoms with E-state index in [1.54, 1.807) is 0 Å². The first-order valence-electron chi connectivity index (χ1n) is 12.8. The van der Waals surface area contributed by atoms with Gasteiger partial charge in [0, 0.05) is 31.4 Å². The highest BCUT2D eigenvalue weighted by atomic mass is 16.5. The average Bonchev–Trinajstić information content (AvgIpc) is 3.13. The monoisotopic (exact) mass is 439 g/mol. The molecule has 0 unspecified atom stereocenters. The fourth-order valence-electron chi connectivity index (χ4n) is 4.67. The fourth-order valence-corrected chi connectivity index (χ4v) is 4.67. The number of carbonyl (C=O) groups is 1. The van der Waals surface area contributed by atoms with Crippen LogP contribution >= 0.6 is 0 Å². The van der Waals surface area contributed by atoms with Crippen LogP contribution in [-0.4, -0.2) is 42.5 Å². The van der Waals surface area contributed by atoms with E-state index >= 15 is 0 Å². The number of benzene rings is 1. The molecule has 0 bridgehead atoms. The van der Waals surface area contributed by atoms with Crippen LogP contribution in [-0.2, 0) is 9.53 Å². The van der Waals surface area contributed by atoms with Gasteiger partial charge in [-0.15, -0.1) is 0 Å². The largest absolute Gasteiger partial charge is 0.420 e. The molecule has 1 saturated carbocycles. The van der Waals surface area contributed by atoms with Gasteiger partial charge in [0.15, 0.2) is 5.76 Å². The quantitative estimate of drug-likeness (QED) is 0.296. The predicted molar refractivity (Wildman–Crippen MR) is 134 cm³/mol. The van der Waals surface area contributed by atoms with Gasteiger partial charge in [-0.3, -0.25) is 9.69 Å². The predicted octanol–water partition coefficient (Wildman–Crippen LogP) is 6.39. The summed E-state index contributed by atoms with van der Waals surface area (Å²) in [5, 5.41) is 0. The van der Waals surface area contributed by atoms with Gasteiger partial charge in [0.2, 0.25) is 0 Å². The van der Waals surface area contributed by atoms with Crippen molar-refractivity contribution in [1.82, 2.24) is 4.90 Å². The molecule has 0 N–H and O–H groups in total. The first-order chi connectivity index (χ1) is 15.7. The Morgan fingerprint density at radius 2 is 1.69 bits per heavy atom. The van der Waals surface area contributed by atoms with Crippen LogP contribution in [0.25, 0.3) is 6.08 Å². The third-order valence-corrected chi connectivity index (χ3v) is 6.60. The Bertz CT molecular complexity index is 775. The highest BCUT2D eigenvalue weighted by Crippen LogP contribution is 2.30. The van der Waals surface area contributed by atoms with E-state index in [2.05, 4.69) is 49.9 Å². The Balaban J connectivity index is 1.74. The van der Waals surface area contributed by atoms with Gasteiger partial charge in [-0.25, -0.2) is 4.99 Å². The molecule has 1 amide bonds. The molecule has 1 aromatic rings. The summed E-state index contributed by atoms with van der Waals surface area (Å²) in [6.45, 7) is 9.23. The molecule has 0 spiro atoms. The number of aliphatic imine (C=N–C) groups is 1. The van der Waals surface area contributed by atoms with E-state index in [0.29, 0.717) is 11.8 Å². The molecule has 0 radical (unpaired) electrons. The highest BCUT2D eigenvalue weighted by Gasteiger charge is 2.39. The Morgan fingerprint density at radius 1 is 1.00 bits per heavy atom. The zero-order chi connectivity index (χ0) is 22.8. The highest BCUT2D eigenvalue weighted by molar-refractivity contribution is 6.11. The molecule has 1 aromatic carbocycles. The molecule has 2 fully saturated rings. The molecular formula is C27H41N3O2. The fraction of sp³-hybridized carbons (Fsp3) is 0.630. The van der Waals surface area contributed by atoms with Crippen molar-refractivity contribution in [3.63, 3.8) is 0 Å². The number of carbonyl (C=O) groups excluding carboxylic acids is 1. The summed E-state index contributed by atoms with van der Waals surface area (Å²) in [5.74, 6) is 0.366. The third-order valence-electron chi connectivity index (χ3n) is 6.60. The van der Waals surface area contributed by atoms with Crippen LogP contribution in [0.5, 0.6) is 0 Å². The maximum atomic E-state index is 13.3. The number of amidine groups is 1. The van der Waals surface area contributed by atoms with Crippen LogP contribution in [0.2, 0.25) is 0 Å². The van der Waals surface area contributed by atoms with E-state index < -0.39 is 0 Å². The summed E-state index contributed by atoms with van der Waals surface area (Å²) in [6, 6.07) is 9.08. The SMILES string of the molecule is CCCCCCC/N=C1/O/C(=C/c2ccc(N(CC)CC)cc2)C(=O)N1C1CCCCC1. The van der Waals surface area contributed by atoms with Crippen molar-refractivity contribution in [2.45, 2.75) is 91.0 Å². The van der Waals surface area contributed by atoms with Gasteiger partial charge in [0.25, 0.3) is 5.91 Å². The van der Waals surface area contributed by atoms with Crippen molar-refractivity contribution in [1.29, 1.82) is 0 Å². The lowest BCUT2D eigenvalue weighted by Gasteiger charge is -2.28. The molecule has 32 heavy (non-hydrogen) atoms. The molecule has 1 saturated heterocycles. The van der Waals surface area contributed by atoms with Crippen LogP contribution in [0.3, 0.4) is 0 Å². The Hall–Kier alpha value is -2.30. The zero-order valence-electron chi connectivity index (χ0n) is 20.3. The normalized spacial score (nSPS) is 19.7. The van der Waals surface area contributed by atoms with Crippen LogP contribution < -0.4 is 4.90 Å². The summed E-state index contributed by atoms with van der Waals surface area (Å²) < 4.78 is 6.07.